The van der Waals surface area contributed by atoms with Gasteiger partial charge in [-0.3, -0.25) is 0 Å². The summed E-state index contributed by atoms with van der Waals surface area (Å²) in [6, 6.07) is 14.6. The fourth-order valence-corrected chi connectivity index (χ4v) is 2.41. The third-order valence-electron chi connectivity index (χ3n) is 3.66. The minimum absolute atomic E-state index is 0.0770. The molecular weight excluding hydrogens is 386 g/mol. The summed E-state index contributed by atoms with van der Waals surface area (Å²) in [4.78, 5) is 0. The lowest BCUT2D eigenvalue weighted by atomic mass is 10.2. The molecule has 146 valence electrons. The summed E-state index contributed by atoms with van der Waals surface area (Å²) in [7, 11) is 0. The second-order valence-corrected chi connectivity index (χ2v) is 5.66. The SMILES string of the molecule is FC(F)(F)c1ccccc1Oc1ccc(Oc2ccccc2C(F)(F)F)cc1. The van der Waals surface area contributed by atoms with Gasteiger partial charge in [-0.1, -0.05) is 24.3 Å². The van der Waals surface area contributed by atoms with E-state index in [1.807, 2.05) is 0 Å². The Morgan fingerprint density at radius 1 is 0.464 bits per heavy atom. The molecule has 3 aromatic carbocycles. The summed E-state index contributed by atoms with van der Waals surface area (Å²) in [5.41, 5.74) is -1.87. The number of hydrogen-bond donors (Lipinski definition) is 0. The molecule has 0 heterocycles. The maximum atomic E-state index is 13.0. The Morgan fingerprint density at radius 2 is 0.786 bits per heavy atom. The summed E-state index contributed by atoms with van der Waals surface area (Å²) >= 11 is 0. The lowest BCUT2D eigenvalue weighted by molar-refractivity contribution is -0.139. The van der Waals surface area contributed by atoms with Crippen LogP contribution in [-0.4, -0.2) is 0 Å². The van der Waals surface area contributed by atoms with Crippen LogP contribution >= 0.6 is 0 Å². The van der Waals surface area contributed by atoms with Crippen molar-refractivity contribution in [3.05, 3.63) is 83.9 Å². The van der Waals surface area contributed by atoms with Crippen molar-refractivity contribution in [1.82, 2.24) is 0 Å². The number of halogens is 6. The largest absolute Gasteiger partial charge is 0.457 e. The van der Waals surface area contributed by atoms with E-state index in [0.29, 0.717) is 0 Å². The third kappa shape index (κ3) is 4.57. The highest BCUT2D eigenvalue weighted by Gasteiger charge is 2.35. The van der Waals surface area contributed by atoms with Crippen LogP contribution in [0.3, 0.4) is 0 Å². The van der Waals surface area contributed by atoms with Gasteiger partial charge in [0.25, 0.3) is 0 Å². The van der Waals surface area contributed by atoms with Gasteiger partial charge in [0.2, 0.25) is 0 Å². The molecule has 0 saturated heterocycles. The molecule has 0 bridgehead atoms. The molecule has 0 spiro atoms. The zero-order valence-corrected chi connectivity index (χ0v) is 14.0. The maximum absolute atomic E-state index is 13.0. The molecule has 0 atom stereocenters. The predicted molar refractivity (Wildman–Crippen MR) is 89.5 cm³/mol. The summed E-state index contributed by atoms with van der Waals surface area (Å²) in [6.45, 7) is 0. The first-order valence-corrected chi connectivity index (χ1v) is 7.93. The molecule has 0 unspecified atom stereocenters. The highest BCUT2D eigenvalue weighted by Crippen LogP contribution is 2.40. The summed E-state index contributed by atoms with van der Waals surface area (Å²) in [5.74, 6) is -0.613. The van der Waals surface area contributed by atoms with Crippen LogP contribution in [0.15, 0.2) is 72.8 Å². The predicted octanol–water partition coefficient (Wildman–Crippen LogP) is 7.31. The van der Waals surface area contributed by atoms with E-state index >= 15 is 0 Å². The molecular formula is C20H12F6O2. The molecule has 0 radical (unpaired) electrons. The first-order valence-electron chi connectivity index (χ1n) is 7.93. The number of hydrogen-bond acceptors (Lipinski definition) is 2. The highest BCUT2D eigenvalue weighted by atomic mass is 19.4. The molecule has 0 fully saturated rings. The number of ether oxygens (including phenoxy) is 2. The lowest BCUT2D eigenvalue weighted by Crippen LogP contribution is -2.07. The zero-order valence-electron chi connectivity index (χ0n) is 14.0. The van der Waals surface area contributed by atoms with Crippen LogP contribution in [0.4, 0.5) is 26.3 Å². The first kappa shape index (κ1) is 19.6. The molecule has 0 aliphatic rings. The topological polar surface area (TPSA) is 18.5 Å². The van der Waals surface area contributed by atoms with Gasteiger partial charge < -0.3 is 9.47 Å². The van der Waals surface area contributed by atoms with Gasteiger partial charge in [-0.2, -0.15) is 26.3 Å². The van der Waals surface area contributed by atoms with Crippen LogP contribution in [0.5, 0.6) is 23.0 Å². The smallest absolute Gasteiger partial charge is 0.419 e. The zero-order chi connectivity index (χ0) is 20.4. The first-order chi connectivity index (χ1) is 13.1. The molecule has 3 rings (SSSR count). The van der Waals surface area contributed by atoms with Gasteiger partial charge >= 0.3 is 12.4 Å². The van der Waals surface area contributed by atoms with Crippen molar-refractivity contribution in [1.29, 1.82) is 0 Å². The van der Waals surface area contributed by atoms with E-state index in [1.54, 1.807) is 0 Å². The lowest BCUT2D eigenvalue weighted by Gasteiger charge is -2.15. The second kappa shape index (κ2) is 7.46. The van der Waals surface area contributed by atoms with Gasteiger partial charge in [0.1, 0.15) is 23.0 Å². The Balaban J connectivity index is 1.79. The van der Waals surface area contributed by atoms with Gasteiger partial charge in [0.05, 0.1) is 11.1 Å². The Hall–Kier alpha value is -3.16. The number of rotatable bonds is 4. The van der Waals surface area contributed by atoms with Gasteiger partial charge in [0.15, 0.2) is 0 Å². The quantitative estimate of drug-likeness (QED) is 0.429. The van der Waals surface area contributed by atoms with Crippen molar-refractivity contribution in [2.75, 3.05) is 0 Å². The minimum atomic E-state index is -4.58. The van der Waals surface area contributed by atoms with Crippen molar-refractivity contribution in [2.24, 2.45) is 0 Å². The van der Waals surface area contributed by atoms with E-state index in [9.17, 15) is 26.3 Å². The van der Waals surface area contributed by atoms with E-state index in [0.717, 1.165) is 12.1 Å². The summed E-state index contributed by atoms with van der Waals surface area (Å²) in [5, 5.41) is 0. The van der Waals surface area contributed by atoms with Crippen molar-refractivity contribution < 1.29 is 35.8 Å². The van der Waals surface area contributed by atoms with E-state index in [-0.39, 0.29) is 23.0 Å². The molecule has 0 aliphatic carbocycles. The van der Waals surface area contributed by atoms with Crippen molar-refractivity contribution in [3.63, 3.8) is 0 Å². The molecule has 3 aromatic rings. The average Bonchev–Trinajstić information content (AvgIpc) is 2.62. The molecule has 8 heteroatoms. The van der Waals surface area contributed by atoms with Crippen molar-refractivity contribution >= 4 is 0 Å². The molecule has 0 N–H and O–H groups in total. The Kier molecular flexibility index (Phi) is 5.22. The van der Waals surface area contributed by atoms with Gasteiger partial charge in [-0.15, -0.1) is 0 Å². The van der Waals surface area contributed by atoms with Crippen LogP contribution < -0.4 is 9.47 Å². The summed E-state index contributed by atoms with van der Waals surface area (Å²) in [6.07, 6.45) is -9.16. The standard InChI is InChI=1S/C20H12F6O2/c21-19(22,23)15-5-1-3-7-17(15)27-13-9-11-14(12-10-13)28-18-8-4-2-6-16(18)20(24,25)26/h1-12H. The van der Waals surface area contributed by atoms with Crippen LogP contribution in [0.2, 0.25) is 0 Å². The third-order valence-corrected chi connectivity index (χ3v) is 3.66. The molecule has 2 nitrogen and oxygen atoms in total. The monoisotopic (exact) mass is 398 g/mol. The molecule has 0 aliphatic heterocycles. The van der Waals surface area contributed by atoms with E-state index in [4.69, 9.17) is 9.47 Å². The van der Waals surface area contributed by atoms with Crippen LogP contribution in [0, 0.1) is 0 Å². The van der Waals surface area contributed by atoms with Crippen LogP contribution in [0.1, 0.15) is 11.1 Å². The number of benzene rings is 3. The highest BCUT2D eigenvalue weighted by molar-refractivity contribution is 5.43. The number of alkyl halides is 6. The molecule has 0 aromatic heterocycles. The van der Waals surface area contributed by atoms with Crippen LogP contribution in [-0.2, 0) is 12.4 Å². The Bertz CT molecular complexity index is 867. The normalized spacial score (nSPS) is 11.9. The Labute approximate surface area is 155 Å². The van der Waals surface area contributed by atoms with Gasteiger partial charge in [-0.05, 0) is 48.5 Å². The second-order valence-electron chi connectivity index (χ2n) is 5.66. The van der Waals surface area contributed by atoms with E-state index in [2.05, 4.69) is 0 Å². The van der Waals surface area contributed by atoms with Gasteiger partial charge in [0, 0.05) is 0 Å². The fraction of sp³-hybridized carbons (Fsp3) is 0.100. The average molecular weight is 398 g/mol. The molecule has 0 saturated carbocycles. The Morgan fingerprint density at radius 3 is 1.11 bits per heavy atom. The summed E-state index contributed by atoms with van der Waals surface area (Å²) < 4.78 is 88.5. The molecule has 28 heavy (non-hydrogen) atoms. The van der Waals surface area contributed by atoms with Gasteiger partial charge in [-0.25, -0.2) is 0 Å². The maximum Gasteiger partial charge on any atom is 0.419 e. The van der Waals surface area contributed by atoms with E-state index in [1.165, 1.54) is 60.7 Å². The van der Waals surface area contributed by atoms with E-state index < -0.39 is 23.5 Å². The minimum Gasteiger partial charge on any atom is -0.457 e. The van der Waals surface area contributed by atoms with Crippen molar-refractivity contribution in [2.45, 2.75) is 12.4 Å². The fourth-order valence-electron chi connectivity index (χ4n) is 2.41. The van der Waals surface area contributed by atoms with Crippen molar-refractivity contribution in [3.8, 4) is 23.0 Å². The molecule has 0 amide bonds. The number of para-hydroxylation sites is 2. The van der Waals surface area contributed by atoms with Crippen LogP contribution in [0.25, 0.3) is 0 Å².